The highest BCUT2D eigenvalue weighted by molar-refractivity contribution is 6.14. The Bertz CT molecular complexity index is 3540. The molecular weight excluding hydrogens is 825 g/mol. The molecule has 0 aliphatic rings. The Kier molecular flexibility index (Phi) is 9.74. The van der Waals surface area contributed by atoms with Crippen molar-refractivity contribution < 1.29 is 0 Å². The molecule has 12 aromatic rings. The van der Waals surface area contributed by atoms with Gasteiger partial charge in [0.1, 0.15) is 0 Å². The largest absolute Gasteiger partial charge is 0.307 e. The second-order valence-electron chi connectivity index (χ2n) is 18.3. The summed E-state index contributed by atoms with van der Waals surface area (Å²) >= 11 is 0. The summed E-state index contributed by atoms with van der Waals surface area (Å²) in [4.78, 5) is 5.13. The minimum atomic E-state index is 0.592. The minimum absolute atomic E-state index is 0.592. The third-order valence-electron chi connectivity index (χ3n) is 13.8. The van der Waals surface area contributed by atoms with Crippen LogP contribution in [0, 0.1) is 39.0 Å². The molecule has 3 heterocycles. The van der Waals surface area contributed by atoms with Crippen molar-refractivity contribution in [1.29, 1.82) is 5.26 Å². The highest BCUT2D eigenvalue weighted by atomic mass is 15.0. The highest BCUT2D eigenvalue weighted by Gasteiger charge is 2.25. The molecule has 68 heavy (non-hydrogen) atoms. The summed E-state index contributed by atoms with van der Waals surface area (Å²) in [5.74, 6) is 0. The van der Waals surface area contributed by atoms with Crippen molar-refractivity contribution in [3.05, 3.63) is 234 Å². The predicted octanol–water partition coefficient (Wildman–Crippen LogP) is 16.7. The molecule has 12 rings (SSSR count). The van der Waals surface area contributed by atoms with Gasteiger partial charge in [-0.3, -0.25) is 4.98 Å². The Balaban J connectivity index is 1.17. The van der Waals surface area contributed by atoms with Crippen LogP contribution in [0.15, 0.2) is 207 Å². The molecule has 0 radical (unpaired) electrons. The molecule has 3 aromatic heterocycles. The summed E-state index contributed by atoms with van der Waals surface area (Å²) in [7, 11) is 0. The second kappa shape index (κ2) is 16.3. The average molecular weight is 871 g/mol. The van der Waals surface area contributed by atoms with E-state index in [4.69, 9.17) is 4.98 Å². The molecule has 9 aromatic carbocycles. The van der Waals surface area contributed by atoms with Gasteiger partial charge in [-0.25, -0.2) is 0 Å². The van der Waals surface area contributed by atoms with Gasteiger partial charge in [0, 0.05) is 32.7 Å². The van der Waals surface area contributed by atoms with Gasteiger partial charge < -0.3 is 9.13 Å². The predicted molar refractivity (Wildman–Crippen MR) is 284 cm³/mol. The Morgan fingerprint density at radius 2 is 0.647 bits per heavy atom. The normalized spacial score (nSPS) is 11.5. The maximum atomic E-state index is 10.9. The number of fused-ring (bicyclic) bond motifs is 6. The fourth-order valence-corrected chi connectivity index (χ4v) is 10.1. The van der Waals surface area contributed by atoms with Crippen LogP contribution in [0.4, 0.5) is 0 Å². The lowest BCUT2D eigenvalue weighted by Gasteiger charge is -2.20. The second-order valence-corrected chi connectivity index (χ2v) is 18.3. The van der Waals surface area contributed by atoms with Gasteiger partial charge in [-0.05, 0) is 127 Å². The first kappa shape index (κ1) is 40.7. The van der Waals surface area contributed by atoms with E-state index >= 15 is 0 Å². The third-order valence-corrected chi connectivity index (χ3v) is 13.8. The van der Waals surface area contributed by atoms with Crippen LogP contribution >= 0.6 is 0 Å². The minimum Gasteiger partial charge on any atom is -0.307 e. The van der Waals surface area contributed by atoms with Gasteiger partial charge in [0.25, 0.3) is 0 Å². The van der Waals surface area contributed by atoms with E-state index in [0.29, 0.717) is 5.56 Å². The van der Waals surface area contributed by atoms with Crippen molar-refractivity contribution in [2.24, 2.45) is 0 Å². The van der Waals surface area contributed by atoms with Crippen LogP contribution in [0.2, 0.25) is 0 Å². The molecule has 0 N–H and O–H groups in total. The van der Waals surface area contributed by atoms with Crippen LogP contribution in [0.1, 0.15) is 27.8 Å². The SMILES string of the molecule is Cc1ccc(-c2ccc3c(c2)c2cc(-c4ccc(C)cc4)ccc2n3-c2cncc(-n3c4ccc(-c5ccc(C)cc5)cc4c4cc(-c5ccc(C)cc5)ccc43)c2-c2ccccc2C#N)cc1. The maximum Gasteiger partial charge on any atom is 0.0998 e. The number of benzene rings is 9. The Morgan fingerprint density at radius 1 is 0.353 bits per heavy atom. The van der Waals surface area contributed by atoms with Gasteiger partial charge in [0.15, 0.2) is 0 Å². The van der Waals surface area contributed by atoms with E-state index in [1.54, 1.807) is 0 Å². The van der Waals surface area contributed by atoms with Crippen LogP contribution in [0.3, 0.4) is 0 Å². The number of hydrogen-bond donors (Lipinski definition) is 0. The van der Waals surface area contributed by atoms with Crippen LogP contribution < -0.4 is 0 Å². The van der Waals surface area contributed by atoms with E-state index in [2.05, 4.69) is 219 Å². The summed E-state index contributed by atoms with van der Waals surface area (Å²) < 4.78 is 4.72. The van der Waals surface area contributed by atoms with Crippen LogP contribution in [0.5, 0.6) is 0 Å². The zero-order valence-corrected chi connectivity index (χ0v) is 38.4. The number of nitriles is 1. The number of nitrogens with zero attached hydrogens (tertiary/aromatic N) is 4. The molecule has 0 atom stereocenters. The summed E-state index contributed by atoms with van der Waals surface area (Å²) in [6.07, 6.45) is 3.96. The quantitative estimate of drug-likeness (QED) is 0.160. The van der Waals surface area contributed by atoms with Crippen molar-refractivity contribution in [2.45, 2.75) is 27.7 Å². The topological polar surface area (TPSA) is 46.5 Å². The van der Waals surface area contributed by atoms with Crippen LogP contribution in [-0.4, -0.2) is 14.1 Å². The van der Waals surface area contributed by atoms with Gasteiger partial charge in [0.2, 0.25) is 0 Å². The van der Waals surface area contributed by atoms with E-state index < -0.39 is 0 Å². The number of aryl methyl sites for hydroxylation is 4. The number of pyridine rings is 1. The standard InChI is InChI=1S/C64H46N4/c1-40-9-17-44(18-10-40)48-25-29-58-54(33-48)55-34-49(45-19-11-41(2)12-20-45)26-30-59(55)67(58)62-38-66-39-63(64(62)53-8-6-5-7-52(53)37-65)68-60-31-27-50(46-21-13-42(3)14-22-46)35-56(60)57-36-51(28-32-61(57)68)47-23-15-43(4)16-24-47/h5-36,38-39H,1-4H3. The molecule has 0 aliphatic heterocycles. The van der Waals surface area contributed by atoms with Crippen molar-refractivity contribution in [1.82, 2.24) is 14.1 Å². The van der Waals surface area contributed by atoms with E-state index in [0.717, 1.165) is 88.4 Å². The van der Waals surface area contributed by atoms with Gasteiger partial charge in [-0.15, -0.1) is 0 Å². The van der Waals surface area contributed by atoms with Gasteiger partial charge in [0.05, 0.1) is 57.5 Å². The average Bonchev–Trinajstić information content (AvgIpc) is 3.88. The summed E-state index contributed by atoms with van der Waals surface area (Å²) in [5, 5.41) is 15.4. The van der Waals surface area contributed by atoms with E-state index in [1.807, 2.05) is 30.6 Å². The van der Waals surface area contributed by atoms with Crippen molar-refractivity contribution in [2.75, 3.05) is 0 Å². The molecule has 0 unspecified atom stereocenters. The van der Waals surface area contributed by atoms with Crippen molar-refractivity contribution in [3.8, 4) is 73.1 Å². The Hall–Kier alpha value is -8.78. The molecule has 4 nitrogen and oxygen atoms in total. The zero-order chi connectivity index (χ0) is 46.0. The molecule has 0 spiro atoms. The van der Waals surface area contributed by atoms with E-state index in [1.165, 1.54) is 44.5 Å². The number of hydrogen-bond acceptors (Lipinski definition) is 2. The lowest BCUT2D eigenvalue weighted by Crippen LogP contribution is -2.05. The smallest absolute Gasteiger partial charge is 0.0998 e. The third kappa shape index (κ3) is 6.87. The monoisotopic (exact) mass is 870 g/mol. The molecule has 322 valence electrons. The van der Waals surface area contributed by atoms with E-state index in [-0.39, 0.29) is 0 Å². The van der Waals surface area contributed by atoms with Crippen molar-refractivity contribution >= 4 is 43.6 Å². The summed E-state index contributed by atoms with van der Waals surface area (Å²) in [5.41, 5.74) is 22.6. The van der Waals surface area contributed by atoms with Gasteiger partial charge >= 0.3 is 0 Å². The molecule has 0 amide bonds. The Labute approximate surface area is 396 Å². The lowest BCUT2D eigenvalue weighted by molar-refractivity contribution is 1.09. The van der Waals surface area contributed by atoms with Gasteiger partial charge in [-0.2, -0.15) is 5.26 Å². The molecule has 0 bridgehead atoms. The first-order valence-corrected chi connectivity index (χ1v) is 23.2. The molecule has 4 heteroatoms. The van der Waals surface area contributed by atoms with Crippen molar-refractivity contribution in [3.63, 3.8) is 0 Å². The fraction of sp³-hybridized carbons (Fsp3) is 0.0625. The summed E-state index contributed by atoms with van der Waals surface area (Å²) in [6.45, 7) is 8.51. The molecule has 0 saturated carbocycles. The fourth-order valence-electron chi connectivity index (χ4n) is 10.1. The number of rotatable bonds is 7. The first-order valence-electron chi connectivity index (χ1n) is 23.2. The van der Waals surface area contributed by atoms with E-state index in [9.17, 15) is 5.26 Å². The lowest BCUT2D eigenvalue weighted by atomic mass is 9.97. The molecule has 0 fully saturated rings. The molecule has 0 saturated heterocycles. The first-order chi connectivity index (χ1) is 33.3. The molecular formula is C64H46N4. The van der Waals surface area contributed by atoms with Crippen LogP contribution in [0.25, 0.3) is 111 Å². The zero-order valence-electron chi connectivity index (χ0n) is 38.4. The highest BCUT2D eigenvalue weighted by Crippen LogP contribution is 2.45. The van der Waals surface area contributed by atoms with Gasteiger partial charge in [-0.1, -0.05) is 162 Å². The van der Waals surface area contributed by atoms with Crippen LogP contribution in [-0.2, 0) is 0 Å². The Morgan fingerprint density at radius 3 is 0.956 bits per heavy atom. The number of aromatic nitrogens is 3. The summed E-state index contributed by atoms with van der Waals surface area (Å²) in [6, 6.07) is 72.9. The maximum absolute atomic E-state index is 10.9. The molecule has 0 aliphatic carbocycles.